The number of nitrogens with one attached hydrogen (secondary N) is 1. The van der Waals surface area contributed by atoms with E-state index in [1.54, 1.807) is 16.8 Å². The number of nitrogens with zero attached hydrogens (tertiary/aromatic N) is 1. The first kappa shape index (κ1) is 19.5. The van der Waals surface area contributed by atoms with Crippen LogP contribution in [0.25, 0.3) is 0 Å². The summed E-state index contributed by atoms with van der Waals surface area (Å²) in [5, 5.41) is 0.489. The molecule has 0 unspecified atom stereocenters. The Balaban J connectivity index is 1.86. The highest BCUT2D eigenvalue weighted by molar-refractivity contribution is 9.10. The minimum absolute atomic E-state index is 0.0695. The first-order chi connectivity index (χ1) is 11.3. The van der Waals surface area contributed by atoms with E-state index in [9.17, 15) is 13.2 Å². The van der Waals surface area contributed by atoms with Crippen molar-refractivity contribution in [1.82, 2.24) is 9.29 Å². The molecule has 0 spiro atoms. The van der Waals surface area contributed by atoms with Crippen LogP contribution in [0.5, 0.6) is 0 Å². The molecule has 1 aromatic heterocycles. The molecule has 0 amide bonds. The Morgan fingerprint density at radius 2 is 1.83 bits per heavy atom. The average Bonchev–Trinajstić information content (AvgIpc) is 2.52. The van der Waals surface area contributed by atoms with E-state index in [-0.39, 0.29) is 22.0 Å². The summed E-state index contributed by atoms with van der Waals surface area (Å²) >= 11 is 14.9. The minimum Gasteiger partial charge on any atom is -0.314 e. The molecule has 0 saturated heterocycles. The molecule has 9 heteroatoms. The van der Waals surface area contributed by atoms with E-state index in [2.05, 4.69) is 20.7 Å². The fraction of sp³-hybridized carbons (Fsp3) is 0.267. The third-order valence-electron chi connectivity index (χ3n) is 3.27. The van der Waals surface area contributed by atoms with Crippen LogP contribution in [-0.4, -0.2) is 19.5 Å². The van der Waals surface area contributed by atoms with E-state index in [1.807, 2.05) is 0 Å². The van der Waals surface area contributed by atoms with Crippen molar-refractivity contribution in [2.45, 2.75) is 24.3 Å². The number of aromatic nitrogens is 1. The van der Waals surface area contributed by atoms with Crippen LogP contribution < -0.4 is 10.3 Å². The highest BCUT2D eigenvalue weighted by Crippen LogP contribution is 2.24. The molecule has 130 valence electrons. The summed E-state index contributed by atoms with van der Waals surface area (Å²) < 4.78 is 29.2. The molecule has 1 N–H and O–H groups in total. The molecule has 0 aliphatic rings. The van der Waals surface area contributed by atoms with Crippen molar-refractivity contribution in [3.05, 3.63) is 61.4 Å². The van der Waals surface area contributed by atoms with Crippen molar-refractivity contribution in [2.24, 2.45) is 0 Å². The first-order valence-electron chi connectivity index (χ1n) is 7.10. The zero-order valence-electron chi connectivity index (χ0n) is 12.5. The molecule has 0 atom stereocenters. The van der Waals surface area contributed by atoms with E-state index in [1.165, 1.54) is 24.3 Å². The van der Waals surface area contributed by atoms with Crippen molar-refractivity contribution >= 4 is 49.2 Å². The fourth-order valence-electron chi connectivity index (χ4n) is 2.02. The number of halogens is 3. The van der Waals surface area contributed by atoms with Gasteiger partial charge in [-0.05, 0) is 53.0 Å². The molecule has 0 aliphatic carbocycles. The van der Waals surface area contributed by atoms with Crippen LogP contribution in [0.3, 0.4) is 0 Å². The van der Waals surface area contributed by atoms with Crippen molar-refractivity contribution in [1.29, 1.82) is 0 Å². The average molecular weight is 454 g/mol. The molecular weight excluding hydrogens is 439 g/mol. The Hall–Kier alpha value is -0.860. The van der Waals surface area contributed by atoms with Crippen LogP contribution in [0.2, 0.25) is 10.0 Å². The summed E-state index contributed by atoms with van der Waals surface area (Å²) in [6, 6.07) is 7.32. The van der Waals surface area contributed by atoms with E-state index in [0.29, 0.717) is 24.4 Å². The van der Waals surface area contributed by atoms with Crippen LogP contribution in [0, 0.1) is 0 Å². The molecule has 0 aliphatic heterocycles. The number of unbranched alkanes of at least 4 members (excludes halogenated alkanes) is 1. The Kier molecular flexibility index (Phi) is 6.88. The van der Waals surface area contributed by atoms with E-state index >= 15 is 0 Å². The Labute approximate surface area is 158 Å². The summed E-state index contributed by atoms with van der Waals surface area (Å²) in [4.78, 5) is 11.7. The molecule has 0 fully saturated rings. The molecule has 2 aromatic rings. The predicted molar refractivity (Wildman–Crippen MR) is 99.3 cm³/mol. The number of hydrogen-bond acceptors (Lipinski definition) is 3. The fourth-order valence-corrected chi connectivity index (χ4v) is 3.86. The van der Waals surface area contributed by atoms with Gasteiger partial charge in [0.15, 0.2) is 0 Å². The van der Waals surface area contributed by atoms with Gasteiger partial charge in [0.05, 0.1) is 14.9 Å². The van der Waals surface area contributed by atoms with E-state index in [4.69, 9.17) is 23.2 Å². The summed E-state index contributed by atoms with van der Waals surface area (Å²) in [5.41, 5.74) is -0.0883. The number of aryl methyl sites for hydroxylation is 1. The molecule has 24 heavy (non-hydrogen) atoms. The maximum absolute atomic E-state index is 12.2. The maximum Gasteiger partial charge on any atom is 0.250 e. The Morgan fingerprint density at radius 1 is 1.08 bits per heavy atom. The first-order valence-corrected chi connectivity index (χ1v) is 10.1. The molecule has 1 aromatic carbocycles. The normalized spacial score (nSPS) is 11.6. The number of rotatable bonds is 7. The molecule has 0 saturated carbocycles. The van der Waals surface area contributed by atoms with Gasteiger partial charge in [-0.2, -0.15) is 0 Å². The van der Waals surface area contributed by atoms with Crippen molar-refractivity contribution in [2.75, 3.05) is 6.54 Å². The number of benzene rings is 1. The third-order valence-corrected chi connectivity index (χ3v) is 5.93. The summed E-state index contributed by atoms with van der Waals surface area (Å²) in [6.07, 6.45) is 2.97. The summed E-state index contributed by atoms with van der Waals surface area (Å²) in [5.74, 6) is 0. The van der Waals surface area contributed by atoms with Crippen LogP contribution in [0.4, 0.5) is 0 Å². The van der Waals surface area contributed by atoms with Gasteiger partial charge in [-0.1, -0.05) is 23.2 Å². The van der Waals surface area contributed by atoms with Crippen molar-refractivity contribution in [3.63, 3.8) is 0 Å². The molecule has 1 heterocycles. The molecule has 0 bridgehead atoms. The van der Waals surface area contributed by atoms with E-state index < -0.39 is 10.0 Å². The largest absolute Gasteiger partial charge is 0.314 e. The van der Waals surface area contributed by atoms with Gasteiger partial charge in [-0.15, -0.1) is 0 Å². The second kappa shape index (κ2) is 8.49. The van der Waals surface area contributed by atoms with Gasteiger partial charge in [0.2, 0.25) is 10.0 Å². The lowest BCUT2D eigenvalue weighted by molar-refractivity contribution is 0.561. The van der Waals surface area contributed by atoms with Crippen LogP contribution >= 0.6 is 39.1 Å². The maximum atomic E-state index is 12.2. The molecule has 5 nitrogen and oxygen atoms in total. The molecule has 0 radical (unpaired) electrons. The van der Waals surface area contributed by atoms with Gasteiger partial charge >= 0.3 is 0 Å². The highest BCUT2D eigenvalue weighted by atomic mass is 79.9. The van der Waals surface area contributed by atoms with Crippen LogP contribution in [0.1, 0.15) is 12.8 Å². The summed E-state index contributed by atoms with van der Waals surface area (Å²) in [6.45, 7) is 0.790. The highest BCUT2D eigenvalue weighted by Gasteiger charge is 2.14. The lowest BCUT2D eigenvalue weighted by Crippen LogP contribution is -2.25. The minimum atomic E-state index is -3.63. The van der Waals surface area contributed by atoms with Gasteiger partial charge < -0.3 is 4.57 Å². The smallest absolute Gasteiger partial charge is 0.250 e. The second-order valence-electron chi connectivity index (χ2n) is 5.06. The zero-order valence-corrected chi connectivity index (χ0v) is 16.4. The van der Waals surface area contributed by atoms with Gasteiger partial charge in [0.25, 0.3) is 5.56 Å². The summed E-state index contributed by atoms with van der Waals surface area (Å²) in [7, 11) is -3.63. The van der Waals surface area contributed by atoms with Crippen LogP contribution in [-0.2, 0) is 16.6 Å². The molecular formula is C15H15BrCl2N2O3S. The van der Waals surface area contributed by atoms with Gasteiger partial charge in [0.1, 0.15) is 0 Å². The lowest BCUT2D eigenvalue weighted by atomic mass is 10.3. The number of sulfonamides is 1. The van der Waals surface area contributed by atoms with Crippen LogP contribution in [0.15, 0.2) is 50.7 Å². The topological polar surface area (TPSA) is 68.2 Å². The lowest BCUT2D eigenvalue weighted by Gasteiger charge is -2.09. The predicted octanol–water partition coefficient (Wildman–Crippen LogP) is 3.68. The SMILES string of the molecule is O=c1ccc(Br)cn1CCCCNS(=O)(=O)c1ccc(Cl)c(Cl)c1. The molecule has 2 rings (SSSR count). The standard InChI is InChI=1S/C15H15BrCl2N2O3S/c16-11-3-6-15(21)20(10-11)8-2-1-7-19-24(22,23)12-4-5-13(17)14(18)9-12/h3-6,9-10,19H,1-2,7-8H2. The van der Waals surface area contributed by atoms with Crippen molar-refractivity contribution in [3.8, 4) is 0 Å². The Bertz CT molecular complexity index is 885. The van der Waals surface area contributed by atoms with Gasteiger partial charge in [-0.3, -0.25) is 4.79 Å². The number of hydrogen-bond donors (Lipinski definition) is 1. The monoisotopic (exact) mass is 452 g/mol. The van der Waals surface area contributed by atoms with Gasteiger partial charge in [-0.25, -0.2) is 13.1 Å². The third kappa shape index (κ3) is 5.32. The Morgan fingerprint density at radius 3 is 2.54 bits per heavy atom. The van der Waals surface area contributed by atoms with Crippen molar-refractivity contribution < 1.29 is 8.42 Å². The quantitative estimate of drug-likeness (QED) is 0.650. The second-order valence-corrected chi connectivity index (χ2v) is 8.56. The van der Waals surface area contributed by atoms with Gasteiger partial charge in [0, 0.05) is 29.8 Å². The number of pyridine rings is 1. The van der Waals surface area contributed by atoms with E-state index in [0.717, 1.165) is 4.47 Å². The zero-order chi connectivity index (χ0) is 17.7.